The van der Waals surface area contributed by atoms with E-state index in [2.05, 4.69) is 11.3 Å². The second-order valence-corrected chi connectivity index (χ2v) is 5.85. The molecule has 2 amide bonds. The fourth-order valence-corrected chi connectivity index (χ4v) is 2.87. The highest BCUT2D eigenvalue weighted by Crippen LogP contribution is 2.34. The molecule has 7 nitrogen and oxygen atoms in total. The monoisotopic (exact) mass is 363 g/mol. The molecule has 1 fully saturated rings. The van der Waals surface area contributed by atoms with Gasteiger partial charge in [0.25, 0.3) is 11.1 Å². The lowest BCUT2D eigenvalue weighted by molar-refractivity contribution is -0.142. The van der Waals surface area contributed by atoms with E-state index < -0.39 is 5.97 Å². The van der Waals surface area contributed by atoms with Crippen molar-refractivity contribution in [1.82, 2.24) is 4.90 Å². The molecule has 2 rings (SSSR count). The van der Waals surface area contributed by atoms with Crippen LogP contribution in [0.2, 0.25) is 0 Å². The van der Waals surface area contributed by atoms with E-state index in [0.717, 1.165) is 16.7 Å². The molecular formula is C17H17NO6S. The van der Waals surface area contributed by atoms with E-state index in [1.165, 1.54) is 20.3 Å². The van der Waals surface area contributed by atoms with Crippen molar-refractivity contribution in [2.75, 3.05) is 27.4 Å². The highest BCUT2D eigenvalue weighted by atomic mass is 32.2. The lowest BCUT2D eigenvalue weighted by atomic mass is 10.2. The number of nitrogens with zero attached hydrogens (tertiary/aromatic N) is 1. The summed E-state index contributed by atoms with van der Waals surface area (Å²) >= 11 is 0.869. The average Bonchev–Trinajstić information content (AvgIpc) is 2.87. The van der Waals surface area contributed by atoms with Crippen LogP contribution >= 0.6 is 11.8 Å². The minimum atomic E-state index is -0.512. The van der Waals surface area contributed by atoms with Gasteiger partial charge in [-0.2, -0.15) is 0 Å². The molecule has 25 heavy (non-hydrogen) atoms. The maximum Gasteiger partial charge on any atom is 0.343 e. The van der Waals surface area contributed by atoms with E-state index in [9.17, 15) is 14.4 Å². The first-order valence-electron chi connectivity index (χ1n) is 7.24. The molecule has 1 aliphatic rings. The molecule has 0 saturated carbocycles. The minimum absolute atomic E-state index is 0.172. The summed E-state index contributed by atoms with van der Waals surface area (Å²) in [5.74, 6) is -0.116. The number of amides is 2. The van der Waals surface area contributed by atoms with Gasteiger partial charge in [0, 0.05) is 6.54 Å². The second-order valence-electron chi connectivity index (χ2n) is 4.86. The summed E-state index contributed by atoms with van der Waals surface area (Å²) in [4.78, 5) is 36.6. The second kappa shape index (κ2) is 8.39. The van der Waals surface area contributed by atoms with Crippen molar-refractivity contribution in [3.8, 4) is 11.5 Å². The first-order chi connectivity index (χ1) is 12.0. The van der Waals surface area contributed by atoms with Gasteiger partial charge in [0.15, 0.2) is 18.1 Å². The summed E-state index contributed by atoms with van der Waals surface area (Å²) in [6, 6.07) is 4.95. The lowest BCUT2D eigenvalue weighted by Crippen LogP contribution is -2.27. The third-order valence-electron chi connectivity index (χ3n) is 3.24. The molecule has 1 aliphatic heterocycles. The van der Waals surface area contributed by atoms with E-state index >= 15 is 0 Å². The summed E-state index contributed by atoms with van der Waals surface area (Å²) in [6.07, 6.45) is 3.09. The highest BCUT2D eigenvalue weighted by Gasteiger charge is 2.34. The fourth-order valence-electron chi connectivity index (χ4n) is 2.03. The fraction of sp³-hybridized carbons (Fsp3) is 0.235. The molecule has 1 aromatic carbocycles. The van der Waals surface area contributed by atoms with E-state index in [0.29, 0.717) is 22.0 Å². The van der Waals surface area contributed by atoms with Gasteiger partial charge in [0.05, 0.1) is 19.1 Å². The summed E-state index contributed by atoms with van der Waals surface area (Å²) in [5, 5.41) is -0.332. The predicted octanol–water partition coefficient (Wildman–Crippen LogP) is 2.47. The van der Waals surface area contributed by atoms with E-state index in [1.807, 2.05) is 0 Å². The van der Waals surface area contributed by atoms with Gasteiger partial charge >= 0.3 is 5.97 Å². The number of benzene rings is 1. The van der Waals surface area contributed by atoms with Gasteiger partial charge in [0.2, 0.25) is 0 Å². The number of hydrogen-bond donors (Lipinski definition) is 0. The van der Waals surface area contributed by atoms with Crippen LogP contribution in [0, 0.1) is 0 Å². The Hall–Kier alpha value is -2.74. The molecule has 0 atom stereocenters. The number of ether oxygens (including phenoxy) is 3. The number of hydrogen-bond acceptors (Lipinski definition) is 7. The molecule has 0 aromatic heterocycles. The SMILES string of the molecule is C=CCN1C(=O)S/C(=C/c2ccc(OCC(=O)OC)c(OC)c2)C1=O. The van der Waals surface area contributed by atoms with Crippen molar-refractivity contribution in [3.05, 3.63) is 41.3 Å². The molecule has 0 radical (unpaired) electrons. The molecular weight excluding hydrogens is 346 g/mol. The number of carbonyl (C=O) groups excluding carboxylic acids is 3. The molecule has 1 aromatic rings. The quantitative estimate of drug-likeness (QED) is 0.418. The Bertz CT molecular complexity index is 743. The van der Waals surface area contributed by atoms with Gasteiger partial charge in [-0.05, 0) is 35.5 Å². The van der Waals surface area contributed by atoms with Crippen molar-refractivity contribution in [2.24, 2.45) is 0 Å². The molecule has 0 bridgehead atoms. The maximum absolute atomic E-state index is 12.2. The van der Waals surface area contributed by atoms with Crippen LogP contribution < -0.4 is 9.47 Å². The topological polar surface area (TPSA) is 82.1 Å². The summed E-state index contributed by atoms with van der Waals surface area (Å²) in [5.41, 5.74) is 0.659. The molecule has 1 heterocycles. The largest absolute Gasteiger partial charge is 0.493 e. The van der Waals surface area contributed by atoms with E-state index in [4.69, 9.17) is 9.47 Å². The number of imide groups is 1. The van der Waals surface area contributed by atoms with Crippen LogP contribution in [0.4, 0.5) is 4.79 Å². The molecule has 132 valence electrons. The molecule has 0 N–H and O–H groups in total. The Labute approximate surface area is 149 Å². The Morgan fingerprint density at radius 3 is 2.68 bits per heavy atom. The van der Waals surface area contributed by atoms with E-state index in [-0.39, 0.29) is 24.3 Å². The first-order valence-corrected chi connectivity index (χ1v) is 8.05. The highest BCUT2D eigenvalue weighted by molar-refractivity contribution is 8.18. The smallest absolute Gasteiger partial charge is 0.343 e. The van der Waals surface area contributed by atoms with Crippen molar-refractivity contribution >= 4 is 35.0 Å². The van der Waals surface area contributed by atoms with Gasteiger partial charge in [-0.3, -0.25) is 14.5 Å². The van der Waals surface area contributed by atoms with Crippen LogP contribution in [0.25, 0.3) is 6.08 Å². The Kier molecular flexibility index (Phi) is 6.24. The Morgan fingerprint density at radius 1 is 1.28 bits per heavy atom. The zero-order valence-electron chi connectivity index (χ0n) is 13.8. The van der Waals surface area contributed by atoms with Crippen LogP contribution in [0.3, 0.4) is 0 Å². The van der Waals surface area contributed by atoms with Gasteiger partial charge in [-0.1, -0.05) is 12.1 Å². The number of rotatable bonds is 7. The zero-order valence-corrected chi connectivity index (χ0v) is 14.6. The number of esters is 1. The van der Waals surface area contributed by atoms with Gasteiger partial charge in [0.1, 0.15) is 0 Å². The van der Waals surface area contributed by atoms with Crippen molar-refractivity contribution < 1.29 is 28.6 Å². The third kappa shape index (κ3) is 4.42. The van der Waals surface area contributed by atoms with Gasteiger partial charge < -0.3 is 14.2 Å². The minimum Gasteiger partial charge on any atom is -0.493 e. The van der Waals surface area contributed by atoms with Crippen molar-refractivity contribution in [2.45, 2.75) is 0 Å². The predicted molar refractivity (Wildman–Crippen MR) is 93.4 cm³/mol. The number of thioether (sulfide) groups is 1. The van der Waals surface area contributed by atoms with Gasteiger partial charge in [-0.15, -0.1) is 6.58 Å². The van der Waals surface area contributed by atoms with Crippen LogP contribution in [-0.2, 0) is 14.3 Å². The average molecular weight is 363 g/mol. The summed E-state index contributed by atoms with van der Waals surface area (Å²) in [7, 11) is 2.73. The van der Waals surface area contributed by atoms with Crippen molar-refractivity contribution in [3.63, 3.8) is 0 Å². The molecule has 0 aliphatic carbocycles. The molecule has 1 saturated heterocycles. The summed E-state index contributed by atoms with van der Waals surface area (Å²) < 4.78 is 15.1. The molecule has 8 heteroatoms. The van der Waals surface area contributed by atoms with Crippen LogP contribution in [0.5, 0.6) is 11.5 Å². The number of methoxy groups -OCH3 is 2. The first kappa shape index (κ1) is 18.6. The van der Waals surface area contributed by atoms with Crippen LogP contribution in [0.15, 0.2) is 35.8 Å². The Balaban J connectivity index is 2.20. The standard InChI is InChI=1S/C17H17NO6S/c1-4-7-18-16(20)14(25-17(18)21)9-11-5-6-12(13(8-11)22-2)24-10-15(19)23-3/h4-6,8-9H,1,7,10H2,2-3H3/b14-9+. The third-order valence-corrected chi connectivity index (χ3v) is 4.15. The van der Waals surface area contributed by atoms with Crippen LogP contribution in [0.1, 0.15) is 5.56 Å². The zero-order chi connectivity index (χ0) is 18.4. The lowest BCUT2D eigenvalue weighted by Gasteiger charge is -2.10. The normalized spacial score (nSPS) is 15.4. The Morgan fingerprint density at radius 2 is 2.04 bits per heavy atom. The summed E-state index contributed by atoms with van der Waals surface area (Å²) in [6.45, 7) is 3.46. The number of carbonyl (C=O) groups is 3. The molecule has 0 unspecified atom stereocenters. The van der Waals surface area contributed by atoms with Crippen molar-refractivity contribution in [1.29, 1.82) is 0 Å². The molecule has 0 spiro atoms. The van der Waals surface area contributed by atoms with E-state index in [1.54, 1.807) is 24.3 Å². The van der Waals surface area contributed by atoms with Gasteiger partial charge in [-0.25, -0.2) is 4.79 Å². The maximum atomic E-state index is 12.2. The van der Waals surface area contributed by atoms with Crippen LogP contribution in [-0.4, -0.2) is 49.4 Å².